The Kier molecular flexibility index (Phi) is 6.84. The summed E-state index contributed by atoms with van der Waals surface area (Å²) in [5.74, 6) is 0.382. The zero-order valence-electron chi connectivity index (χ0n) is 26.7. The summed E-state index contributed by atoms with van der Waals surface area (Å²) < 4.78 is 0. The monoisotopic (exact) mass is 553 g/mol. The average molecular weight is 554 g/mol. The van der Waals surface area contributed by atoms with E-state index in [1.54, 1.807) is 0 Å². The first-order chi connectivity index (χ1) is 18.4. The normalized spacial score (nSPS) is 44.3. The van der Waals surface area contributed by atoms with Gasteiger partial charge in [0, 0.05) is 11.8 Å². The van der Waals surface area contributed by atoms with E-state index in [4.69, 9.17) is 0 Å². The number of hydrogen-bond donors (Lipinski definition) is 2. The third-order valence-corrected chi connectivity index (χ3v) is 14.1. The summed E-state index contributed by atoms with van der Waals surface area (Å²) in [7, 11) is 0. The quantitative estimate of drug-likeness (QED) is 0.352. The van der Waals surface area contributed by atoms with Crippen LogP contribution in [0.2, 0.25) is 0 Å². The summed E-state index contributed by atoms with van der Waals surface area (Å²) in [6.45, 7) is 20.4. The number of carbonyl (C=O) groups excluding carboxylic acids is 2. The maximum Gasteiger partial charge on any atom is 0.326 e. The molecular formula is C35H55NO4. The second-order valence-corrected chi connectivity index (χ2v) is 17.0. The van der Waals surface area contributed by atoms with Gasteiger partial charge in [-0.2, -0.15) is 0 Å². The molecule has 0 spiro atoms. The van der Waals surface area contributed by atoms with Crippen molar-refractivity contribution in [3.05, 3.63) is 11.6 Å². The lowest BCUT2D eigenvalue weighted by molar-refractivity contribution is -0.186. The fraction of sp³-hybridized carbons (Fsp3) is 0.857. The van der Waals surface area contributed by atoms with Crippen molar-refractivity contribution in [1.29, 1.82) is 0 Å². The molecule has 5 nitrogen and oxygen atoms in total. The highest BCUT2D eigenvalue weighted by molar-refractivity contribution is 5.88. The van der Waals surface area contributed by atoms with Crippen LogP contribution in [0.25, 0.3) is 0 Å². The van der Waals surface area contributed by atoms with E-state index in [0.717, 1.165) is 57.8 Å². The number of aliphatic carboxylic acids is 1. The molecule has 0 aromatic heterocycles. The number of hydrogen-bond acceptors (Lipinski definition) is 3. The van der Waals surface area contributed by atoms with Crippen LogP contribution in [0.15, 0.2) is 11.6 Å². The van der Waals surface area contributed by atoms with E-state index in [9.17, 15) is 19.5 Å². The van der Waals surface area contributed by atoms with Gasteiger partial charge in [-0.05, 0) is 103 Å². The highest BCUT2D eigenvalue weighted by Crippen LogP contribution is 2.75. The van der Waals surface area contributed by atoms with Crippen LogP contribution in [0.5, 0.6) is 0 Å². The molecule has 0 unspecified atom stereocenters. The van der Waals surface area contributed by atoms with Crippen molar-refractivity contribution in [1.82, 2.24) is 5.32 Å². The van der Waals surface area contributed by atoms with Gasteiger partial charge in [0.2, 0.25) is 5.91 Å². The maximum absolute atomic E-state index is 14.2. The van der Waals surface area contributed by atoms with Crippen molar-refractivity contribution < 1.29 is 19.5 Å². The van der Waals surface area contributed by atoms with Gasteiger partial charge in [-0.25, -0.2) is 4.79 Å². The maximum atomic E-state index is 14.2. The van der Waals surface area contributed by atoms with Gasteiger partial charge < -0.3 is 10.4 Å². The van der Waals surface area contributed by atoms with E-state index in [2.05, 4.69) is 59.9 Å². The van der Waals surface area contributed by atoms with Crippen molar-refractivity contribution in [2.45, 2.75) is 133 Å². The summed E-state index contributed by atoms with van der Waals surface area (Å²) in [6.07, 6.45) is 12.1. The van der Waals surface area contributed by atoms with Gasteiger partial charge in [0.25, 0.3) is 0 Å². The minimum absolute atomic E-state index is 0.00160. The fourth-order valence-electron chi connectivity index (χ4n) is 11.2. The second kappa shape index (κ2) is 9.17. The first kappa shape index (κ1) is 29.8. The standard InChI is InChI=1S/C35H55NO4/c1-21(2)27(28(38)39)36-29(40)35-18-16-30(3,4)20-23(35)22-10-11-25-32(7)14-13-26(37)31(5,6)24(32)12-15-34(25,9)33(22,8)17-19-35/h10,21,23-25,27H,11-20H2,1-9H3,(H,36,40)(H,38,39)/t23-,24+,25-,27+,32+,33-,34-,35+/m1/s1. The molecule has 5 heteroatoms. The fourth-order valence-corrected chi connectivity index (χ4v) is 11.2. The van der Waals surface area contributed by atoms with Gasteiger partial charge in [-0.3, -0.25) is 9.59 Å². The number of nitrogens with one attached hydrogen (secondary N) is 1. The van der Waals surface area contributed by atoms with Crippen LogP contribution in [0.4, 0.5) is 0 Å². The minimum atomic E-state index is -0.945. The largest absolute Gasteiger partial charge is 0.480 e. The molecular weight excluding hydrogens is 498 g/mol. The van der Waals surface area contributed by atoms with E-state index >= 15 is 0 Å². The first-order valence-corrected chi connectivity index (χ1v) is 16.1. The van der Waals surface area contributed by atoms with Gasteiger partial charge in [-0.1, -0.05) is 74.0 Å². The third-order valence-electron chi connectivity index (χ3n) is 14.1. The second-order valence-electron chi connectivity index (χ2n) is 17.0. The smallest absolute Gasteiger partial charge is 0.326 e. The molecule has 5 rings (SSSR count). The number of ketones is 1. The molecule has 0 radical (unpaired) electrons. The zero-order chi connectivity index (χ0) is 29.7. The topological polar surface area (TPSA) is 83.5 Å². The van der Waals surface area contributed by atoms with Crippen LogP contribution in [0.3, 0.4) is 0 Å². The number of fused-ring (bicyclic) bond motifs is 7. The Bertz CT molecular complexity index is 1130. The minimum Gasteiger partial charge on any atom is -0.480 e. The molecule has 5 aliphatic rings. The SMILES string of the molecule is CC(C)[C@H](NC(=O)[C@]12CCC(C)(C)C[C@@H]1C1=CC[C@@H]3[C@@]4(C)CCC(=O)C(C)(C)[C@@H]4CC[C@@]3(C)[C@]1(C)CC2)C(=O)O. The summed E-state index contributed by atoms with van der Waals surface area (Å²) >= 11 is 0. The van der Waals surface area contributed by atoms with Crippen molar-refractivity contribution in [3.63, 3.8) is 0 Å². The Morgan fingerprint density at radius 3 is 2.20 bits per heavy atom. The van der Waals surface area contributed by atoms with Crippen LogP contribution in [-0.2, 0) is 14.4 Å². The molecule has 8 atom stereocenters. The van der Waals surface area contributed by atoms with Crippen molar-refractivity contribution >= 4 is 17.7 Å². The van der Waals surface area contributed by atoms with E-state index in [1.165, 1.54) is 5.57 Å². The van der Waals surface area contributed by atoms with Gasteiger partial charge in [0.05, 0.1) is 5.41 Å². The summed E-state index contributed by atoms with van der Waals surface area (Å²) in [6, 6.07) is -0.861. The summed E-state index contributed by atoms with van der Waals surface area (Å²) in [4.78, 5) is 39.3. The van der Waals surface area contributed by atoms with Crippen LogP contribution in [0, 0.1) is 56.2 Å². The number of allylic oxidation sites excluding steroid dienone is 2. The Hall–Kier alpha value is -1.65. The molecule has 0 bridgehead atoms. The Balaban J connectivity index is 1.56. The lowest BCUT2D eigenvalue weighted by Crippen LogP contribution is -2.65. The molecule has 0 aromatic carbocycles. The summed E-state index contributed by atoms with van der Waals surface area (Å²) in [5.41, 5.74) is 1.10. The first-order valence-electron chi connectivity index (χ1n) is 16.1. The number of carboxylic acids is 1. The molecule has 1 amide bonds. The van der Waals surface area contributed by atoms with Gasteiger partial charge in [0.1, 0.15) is 11.8 Å². The molecule has 2 N–H and O–H groups in total. The van der Waals surface area contributed by atoms with Crippen molar-refractivity contribution in [2.24, 2.45) is 56.2 Å². The molecule has 4 fully saturated rings. The number of carboxylic acid groups (broad SMARTS) is 1. The third kappa shape index (κ3) is 3.94. The Labute approximate surface area is 242 Å². The molecule has 0 heterocycles. The Morgan fingerprint density at radius 2 is 1.57 bits per heavy atom. The van der Waals surface area contributed by atoms with Gasteiger partial charge in [-0.15, -0.1) is 0 Å². The van der Waals surface area contributed by atoms with Crippen LogP contribution < -0.4 is 5.32 Å². The van der Waals surface area contributed by atoms with Crippen molar-refractivity contribution in [3.8, 4) is 0 Å². The molecule has 224 valence electrons. The van der Waals surface area contributed by atoms with E-state index in [-0.39, 0.29) is 44.8 Å². The number of Topliss-reactive ketones (excluding diaryl/α,β-unsaturated/α-hetero) is 1. The number of rotatable bonds is 4. The molecule has 4 saturated carbocycles. The lowest BCUT2D eigenvalue weighted by atomic mass is 9.33. The average Bonchev–Trinajstić information content (AvgIpc) is 2.84. The van der Waals surface area contributed by atoms with Gasteiger partial charge >= 0.3 is 5.97 Å². The van der Waals surface area contributed by atoms with Crippen LogP contribution in [0.1, 0.15) is 127 Å². The molecule has 0 aliphatic heterocycles. The number of carbonyl (C=O) groups is 3. The molecule has 0 saturated heterocycles. The van der Waals surface area contributed by atoms with E-state index in [1.807, 2.05) is 13.8 Å². The molecule has 0 aromatic rings. The highest BCUT2D eigenvalue weighted by atomic mass is 16.4. The van der Waals surface area contributed by atoms with Crippen LogP contribution in [-0.4, -0.2) is 28.8 Å². The number of amides is 1. The predicted octanol–water partition coefficient (Wildman–Crippen LogP) is 7.58. The highest BCUT2D eigenvalue weighted by Gasteiger charge is 2.69. The van der Waals surface area contributed by atoms with E-state index in [0.29, 0.717) is 24.0 Å². The molecule has 5 aliphatic carbocycles. The van der Waals surface area contributed by atoms with Crippen molar-refractivity contribution in [2.75, 3.05) is 0 Å². The zero-order valence-corrected chi connectivity index (χ0v) is 26.7. The van der Waals surface area contributed by atoms with Gasteiger partial charge in [0.15, 0.2) is 0 Å². The molecule has 40 heavy (non-hydrogen) atoms. The van der Waals surface area contributed by atoms with E-state index < -0.39 is 17.4 Å². The van der Waals surface area contributed by atoms with Crippen LogP contribution >= 0.6 is 0 Å². The summed E-state index contributed by atoms with van der Waals surface area (Å²) in [5, 5.41) is 12.9. The predicted molar refractivity (Wildman–Crippen MR) is 158 cm³/mol. The Morgan fingerprint density at radius 1 is 0.925 bits per heavy atom. The lowest BCUT2D eigenvalue weighted by Gasteiger charge is -2.70.